The maximum atomic E-state index is 6.12. The van der Waals surface area contributed by atoms with Crippen LogP contribution >= 0.6 is 0 Å². The Morgan fingerprint density at radius 2 is 0.952 bits per heavy atom. The Bertz CT molecular complexity index is 170. The van der Waals surface area contributed by atoms with Crippen molar-refractivity contribution < 1.29 is 4.74 Å². The van der Waals surface area contributed by atoms with Gasteiger partial charge in [-0.3, -0.25) is 0 Å². The number of ether oxygens (including phenoxy) is 1. The summed E-state index contributed by atoms with van der Waals surface area (Å²) in [7, 11) is 0. The minimum atomic E-state index is 0.805. The molecule has 2 unspecified atom stereocenters. The molecule has 0 saturated carbocycles. The number of rotatable bonds is 16. The zero-order chi connectivity index (χ0) is 15.8. The second kappa shape index (κ2) is 16.3. The first-order chi connectivity index (χ1) is 10.3. The Hall–Kier alpha value is -0.0400. The van der Waals surface area contributed by atoms with Crippen LogP contribution in [0.15, 0.2) is 0 Å². The van der Waals surface area contributed by atoms with Crippen LogP contribution in [0.1, 0.15) is 105 Å². The third-order valence-electron chi connectivity index (χ3n) is 4.53. The summed E-state index contributed by atoms with van der Waals surface area (Å²) in [5.41, 5.74) is 0. The molecule has 0 rings (SSSR count). The SMILES string of the molecule is CCCCCC(CCC)COCC(CCC)CCCCC. The van der Waals surface area contributed by atoms with Gasteiger partial charge in [0.2, 0.25) is 0 Å². The van der Waals surface area contributed by atoms with Gasteiger partial charge in [-0.05, 0) is 37.5 Å². The summed E-state index contributed by atoms with van der Waals surface area (Å²) in [4.78, 5) is 0. The number of hydrogen-bond donors (Lipinski definition) is 0. The zero-order valence-electron chi connectivity index (χ0n) is 15.5. The molecule has 21 heavy (non-hydrogen) atoms. The molecule has 0 aromatic heterocycles. The third-order valence-corrected chi connectivity index (χ3v) is 4.53. The van der Waals surface area contributed by atoms with Crippen LogP contribution in [-0.2, 0) is 4.74 Å². The molecule has 0 saturated heterocycles. The quantitative estimate of drug-likeness (QED) is 0.279. The van der Waals surface area contributed by atoms with Crippen molar-refractivity contribution in [2.24, 2.45) is 11.8 Å². The molecule has 1 heteroatoms. The smallest absolute Gasteiger partial charge is 0.0494 e. The van der Waals surface area contributed by atoms with Crippen LogP contribution < -0.4 is 0 Å². The molecule has 0 N–H and O–H groups in total. The fourth-order valence-corrected chi connectivity index (χ4v) is 3.21. The summed E-state index contributed by atoms with van der Waals surface area (Å²) < 4.78 is 6.12. The van der Waals surface area contributed by atoms with Crippen molar-refractivity contribution >= 4 is 0 Å². The lowest BCUT2D eigenvalue weighted by molar-refractivity contribution is 0.0598. The van der Waals surface area contributed by atoms with E-state index < -0.39 is 0 Å². The van der Waals surface area contributed by atoms with E-state index >= 15 is 0 Å². The number of unbranched alkanes of at least 4 members (excludes halogenated alkanes) is 4. The largest absolute Gasteiger partial charge is 0.381 e. The molecule has 0 aliphatic carbocycles. The average Bonchev–Trinajstić information content (AvgIpc) is 2.47. The molecule has 0 spiro atoms. The molecule has 0 aliphatic rings. The van der Waals surface area contributed by atoms with Crippen LogP contribution in [0.5, 0.6) is 0 Å². The van der Waals surface area contributed by atoms with E-state index in [9.17, 15) is 0 Å². The molecular weight excluding hydrogens is 256 g/mol. The Morgan fingerprint density at radius 1 is 0.524 bits per heavy atom. The van der Waals surface area contributed by atoms with E-state index in [-0.39, 0.29) is 0 Å². The minimum Gasteiger partial charge on any atom is -0.381 e. The Labute approximate surface area is 135 Å². The van der Waals surface area contributed by atoms with Crippen molar-refractivity contribution in [3.05, 3.63) is 0 Å². The normalized spacial score (nSPS) is 14.3. The molecule has 0 amide bonds. The summed E-state index contributed by atoms with van der Waals surface area (Å²) in [5, 5.41) is 0. The molecule has 1 nitrogen and oxygen atoms in total. The Kier molecular flexibility index (Phi) is 16.3. The highest BCUT2D eigenvalue weighted by molar-refractivity contribution is 4.62. The molecule has 0 aliphatic heterocycles. The molecule has 2 atom stereocenters. The summed E-state index contributed by atoms with van der Waals surface area (Å²) >= 11 is 0. The molecule has 0 heterocycles. The zero-order valence-corrected chi connectivity index (χ0v) is 15.5. The van der Waals surface area contributed by atoms with Crippen LogP contribution in [0.2, 0.25) is 0 Å². The lowest BCUT2D eigenvalue weighted by Crippen LogP contribution is -2.15. The molecule has 0 aromatic rings. The van der Waals surface area contributed by atoms with Gasteiger partial charge in [-0.1, -0.05) is 79.1 Å². The first-order valence-electron chi connectivity index (χ1n) is 9.86. The maximum Gasteiger partial charge on any atom is 0.0494 e. The number of hydrogen-bond acceptors (Lipinski definition) is 1. The van der Waals surface area contributed by atoms with E-state index in [4.69, 9.17) is 4.74 Å². The van der Waals surface area contributed by atoms with E-state index in [1.807, 2.05) is 0 Å². The molecule has 0 radical (unpaired) electrons. The van der Waals surface area contributed by atoms with Crippen LogP contribution in [0, 0.1) is 11.8 Å². The fourth-order valence-electron chi connectivity index (χ4n) is 3.21. The van der Waals surface area contributed by atoms with Crippen LogP contribution in [0.3, 0.4) is 0 Å². The van der Waals surface area contributed by atoms with Gasteiger partial charge in [0.05, 0.1) is 0 Å². The highest BCUT2D eigenvalue weighted by Gasteiger charge is 2.11. The maximum absolute atomic E-state index is 6.12. The van der Waals surface area contributed by atoms with Gasteiger partial charge in [0.15, 0.2) is 0 Å². The highest BCUT2D eigenvalue weighted by atomic mass is 16.5. The van der Waals surface area contributed by atoms with Crippen molar-refractivity contribution in [2.45, 2.75) is 105 Å². The van der Waals surface area contributed by atoms with Gasteiger partial charge < -0.3 is 4.74 Å². The van der Waals surface area contributed by atoms with Crippen LogP contribution in [0.25, 0.3) is 0 Å². The van der Waals surface area contributed by atoms with Gasteiger partial charge in [-0.15, -0.1) is 0 Å². The summed E-state index contributed by atoms with van der Waals surface area (Å²) in [6, 6.07) is 0. The molecule has 128 valence electrons. The topological polar surface area (TPSA) is 9.23 Å². The third kappa shape index (κ3) is 13.4. The van der Waals surface area contributed by atoms with Gasteiger partial charge in [-0.2, -0.15) is 0 Å². The van der Waals surface area contributed by atoms with Crippen molar-refractivity contribution in [3.8, 4) is 0 Å². The first kappa shape index (κ1) is 21.0. The predicted octanol–water partition coefficient (Wildman–Crippen LogP) is 7.00. The monoisotopic (exact) mass is 298 g/mol. The Morgan fingerprint density at radius 3 is 1.29 bits per heavy atom. The lowest BCUT2D eigenvalue weighted by atomic mass is 9.96. The second-order valence-electron chi connectivity index (χ2n) is 6.84. The van der Waals surface area contributed by atoms with Gasteiger partial charge in [0, 0.05) is 13.2 Å². The van der Waals surface area contributed by atoms with Crippen LogP contribution in [0.4, 0.5) is 0 Å². The molecule has 0 bridgehead atoms. The van der Waals surface area contributed by atoms with Crippen LogP contribution in [-0.4, -0.2) is 13.2 Å². The average molecular weight is 299 g/mol. The van der Waals surface area contributed by atoms with Crippen molar-refractivity contribution in [1.82, 2.24) is 0 Å². The van der Waals surface area contributed by atoms with Crippen molar-refractivity contribution in [3.63, 3.8) is 0 Å². The van der Waals surface area contributed by atoms with E-state index in [1.165, 1.54) is 77.0 Å². The van der Waals surface area contributed by atoms with Gasteiger partial charge in [-0.25, -0.2) is 0 Å². The molecular formula is C20H42O. The van der Waals surface area contributed by atoms with E-state index in [0.29, 0.717) is 0 Å². The Balaban J connectivity index is 3.88. The van der Waals surface area contributed by atoms with Crippen molar-refractivity contribution in [2.75, 3.05) is 13.2 Å². The van der Waals surface area contributed by atoms with Gasteiger partial charge in [0.1, 0.15) is 0 Å². The lowest BCUT2D eigenvalue weighted by Gasteiger charge is -2.20. The summed E-state index contributed by atoms with van der Waals surface area (Å²) in [5.74, 6) is 1.61. The second-order valence-corrected chi connectivity index (χ2v) is 6.84. The van der Waals surface area contributed by atoms with Crippen molar-refractivity contribution in [1.29, 1.82) is 0 Å². The van der Waals surface area contributed by atoms with Gasteiger partial charge >= 0.3 is 0 Å². The predicted molar refractivity (Wildman–Crippen MR) is 95.9 cm³/mol. The van der Waals surface area contributed by atoms with E-state index in [0.717, 1.165) is 25.0 Å². The standard InChI is InChI=1S/C20H42O/c1-5-9-11-15-19(13-7-3)17-21-18-20(14-8-4)16-12-10-6-2/h19-20H,5-18H2,1-4H3. The summed E-state index contributed by atoms with van der Waals surface area (Å²) in [6.45, 7) is 11.2. The van der Waals surface area contributed by atoms with Gasteiger partial charge in [0.25, 0.3) is 0 Å². The fraction of sp³-hybridized carbons (Fsp3) is 1.00. The molecule has 0 fully saturated rings. The summed E-state index contributed by atoms with van der Waals surface area (Å²) in [6.07, 6.45) is 16.2. The highest BCUT2D eigenvalue weighted by Crippen LogP contribution is 2.19. The van der Waals surface area contributed by atoms with E-state index in [2.05, 4.69) is 27.7 Å². The molecule has 0 aromatic carbocycles. The minimum absolute atomic E-state index is 0.805. The first-order valence-corrected chi connectivity index (χ1v) is 9.86. The van der Waals surface area contributed by atoms with E-state index in [1.54, 1.807) is 0 Å².